The normalized spacial score (nSPS) is 18.0. The minimum Gasteiger partial charge on any atom is -0.353 e. The first kappa shape index (κ1) is 15.2. The highest BCUT2D eigenvalue weighted by atomic mass is 32.2. The van der Waals surface area contributed by atoms with Crippen LogP contribution in [0.3, 0.4) is 0 Å². The molecule has 0 aliphatic heterocycles. The molecule has 0 spiro atoms. The number of nitrogens with two attached hydrogens (primary N) is 1. The van der Waals surface area contributed by atoms with Crippen molar-refractivity contribution >= 4 is 16.0 Å². The fourth-order valence-corrected chi connectivity index (χ4v) is 2.44. The van der Waals surface area contributed by atoms with Crippen LogP contribution >= 0.6 is 0 Å². The third-order valence-electron chi connectivity index (χ3n) is 2.80. The minimum atomic E-state index is -3.10. The van der Waals surface area contributed by atoms with Gasteiger partial charge in [-0.1, -0.05) is 12.8 Å². The molecule has 0 bridgehead atoms. The van der Waals surface area contributed by atoms with Crippen molar-refractivity contribution in [2.24, 2.45) is 10.8 Å². The zero-order valence-corrected chi connectivity index (χ0v) is 11.6. The van der Waals surface area contributed by atoms with Crippen LogP contribution in [0.25, 0.3) is 0 Å². The quantitative estimate of drug-likeness (QED) is 0.168. The number of guanidine groups is 1. The molecule has 1 saturated carbocycles. The summed E-state index contributed by atoms with van der Waals surface area (Å²) in [5.74, 6) is 5.96. The summed E-state index contributed by atoms with van der Waals surface area (Å²) in [5.41, 5.74) is 2.54. The van der Waals surface area contributed by atoms with Gasteiger partial charge in [-0.2, -0.15) is 0 Å². The van der Waals surface area contributed by atoms with Gasteiger partial charge in [0.05, 0.1) is 6.26 Å². The maximum absolute atomic E-state index is 10.8. The van der Waals surface area contributed by atoms with E-state index in [1.54, 1.807) is 0 Å². The number of hydrogen-bond donors (Lipinski definition) is 4. The molecule has 1 aliphatic rings. The van der Waals surface area contributed by atoms with E-state index < -0.39 is 10.0 Å². The number of nitrogens with zero attached hydrogens (tertiary/aromatic N) is 1. The van der Waals surface area contributed by atoms with Gasteiger partial charge < -0.3 is 5.32 Å². The van der Waals surface area contributed by atoms with Gasteiger partial charge in [0.2, 0.25) is 16.0 Å². The second-order valence-electron chi connectivity index (χ2n) is 4.52. The lowest BCUT2D eigenvalue weighted by atomic mass is 10.2. The van der Waals surface area contributed by atoms with E-state index in [4.69, 9.17) is 5.84 Å². The molecule has 0 aromatic carbocycles. The first-order valence-electron chi connectivity index (χ1n) is 6.23. The molecule has 8 heteroatoms. The average molecular weight is 277 g/mol. The molecule has 0 aromatic rings. The van der Waals surface area contributed by atoms with Gasteiger partial charge in [0.1, 0.15) is 0 Å². The van der Waals surface area contributed by atoms with Gasteiger partial charge in [-0.3, -0.25) is 10.4 Å². The van der Waals surface area contributed by atoms with Crippen LogP contribution in [0.2, 0.25) is 0 Å². The molecule has 5 N–H and O–H groups in total. The monoisotopic (exact) mass is 277 g/mol. The predicted octanol–water partition coefficient (Wildman–Crippen LogP) is -0.723. The van der Waals surface area contributed by atoms with E-state index in [1.165, 1.54) is 12.8 Å². The summed E-state index contributed by atoms with van der Waals surface area (Å²) in [7, 11) is -3.10. The molecule has 1 fully saturated rings. The molecule has 18 heavy (non-hydrogen) atoms. The Balaban J connectivity index is 2.21. The molecule has 0 atom stereocenters. The van der Waals surface area contributed by atoms with E-state index >= 15 is 0 Å². The largest absolute Gasteiger partial charge is 0.353 e. The summed E-state index contributed by atoms with van der Waals surface area (Å²) in [6, 6.07) is 0.453. The fourth-order valence-electron chi connectivity index (χ4n) is 1.92. The van der Waals surface area contributed by atoms with Crippen molar-refractivity contribution in [3.05, 3.63) is 0 Å². The summed E-state index contributed by atoms with van der Waals surface area (Å²) in [6.45, 7) is 0.922. The number of hydrazine groups is 1. The summed E-state index contributed by atoms with van der Waals surface area (Å²) in [4.78, 5) is 4.26. The van der Waals surface area contributed by atoms with Crippen molar-refractivity contribution in [3.63, 3.8) is 0 Å². The molecule has 0 heterocycles. The van der Waals surface area contributed by atoms with Crippen molar-refractivity contribution in [2.45, 2.75) is 38.1 Å². The first-order chi connectivity index (χ1) is 8.51. The number of aliphatic imine (C=N–C) groups is 1. The number of nitrogens with one attached hydrogen (secondary N) is 3. The predicted molar refractivity (Wildman–Crippen MR) is 72.5 cm³/mol. The molecule has 1 aliphatic carbocycles. The fraction of sp³-hybridized carbons (Fsp3) is 0.900. The Bertz CT molecular complexity index is 362. The van der Waals surface area contributed by atoms with Crippen LogP contribution in [0.5, 0.6) is 0 Å². The molecular weight excluding hydrogens is 254 g/mol. The molecular formula is C10H23N5O2S. The first-order valence-corrected chi connectivity index (χ1v) is 8.12. The van der Waals surface area contributed by atoms with Crippen LogP contribution in [-0.2, 0) is 10.0 Å². The van der Waals surface area contributed by atoms with E-state index in [9.17, 15) is 8.42 Å². The van der Waals surface area contributed by atoms with Crippen LogP contribution < -0.4 is 21.3 Å². The Kier molecular flexibility index (Phi) is 6.37. The van der Waals surface area contributed by atoms with E-state index in [-0.39, 0.29) is 0 Å². The maximum Gasteiger partial charge on any atom is 0.208 e. The van der Waals surface area contributed by atoms with Crippen molar-refractivity contribution in [1.82, 2.24) is 15.5 Å². The number of hydrogen-bond acceptors (Lipinski definition) is 4. The maximum atomic E-state index is 10.8. The highest BCUT2D eigenvalue weighted by Crippen LogP contribution is 2.17. The second kappa shape index (κ2) is 7.55. The van der Waals surface area contributed by atoms with Gasteiger partial charge in [0, 0.05) is 19.1 Å². The van der Waals surface area contributed by atoms with Crippen LogP contribution in [0.1, 0.15) is 32.1 Å². The highest BCUT2D eigenvalue weighted by molar-refractivity contribution is 7.88. The van der Waals surface area contributed by atoms with E-state index in [0.717, 1.165) is 19.1 Å². The Labute approximate surface area is 109 Å². The van der Waals surface area contributed by atoms with E-state index in [0.29, 0.717) is 31.5 Å². The smallest absolute Gasteiger partial charge is 0.208 e. The van der Waals surface area contributed by atoms with Crippen LogP contribution in [0.4, 0.5) is 0 Å². The SMILES string of the molecule is CS(=O)(=O)NCCCN=C(NN)NC1CCCC1. The molecule has 0 unspecified atom stereocenters. The van der Waals surface area contributed by atoms with Gasteiger partial charge in [-0.05, 0) is 19.3 Å². The molecule has 0 saturated heterocycles. The van der Waals surface area contributed by atoms with Gasteiger partial charge in [-0.25, -0.2) is 19.0 Å². The highest BCUT2D eigenvalue weighted by Gasteiger charge is 2.15. The second-order valence-corrected chi connectivity index (χ2v) is 6.35. The molecule has 7 nitrogen and oxygen atoms in total. The molecule has 0 amide bonds. The standard InChI is InChI=1S/C10H23N5O2S/c1-18(16,17)13-8-4-7-12-10(15-11)14-9-5-2-3-6-9/h9,13H,2-8,11H2,1H3,(H2,12,14,15). The van der Waals surface area contributed by atoms with Crippen LogP contribution in [0, 0.1) is 0 Å². The topological polar surface area (TPSA) is 109 Å². The average Bonchev–Trinajstić information content (AvgIpc) is 2.78. The van der Waals surface area contributed by atoms with Crippen molar-refractivity contribution in [2.75, 3.05) is 19.3 Å². The minimum absolute atomic E-state index is 0.392. The lowest BCUT2D eigenvalue weighted by molar-refractivity contribution is 0.585. The molecule has 106 valence electrons. The van der Waals surface area contributed by atoms with Gasteiger partial charge in [-0.15, -0.1) is 0 Å². The zero-order valence-electron chi connectivity index (χ0n) is 10.8. The van der Waals surface area contributed by atoms with Crippen molar-refractivity contribution < 1.29 is 8.42 Å². The lowest BCUT2D eigenvalue weighted by Crippen LogP contribution is -2.45. The van der Waals surface area contributed by atoms with E-state index in [2.05, 4.69) is 20.5 Å². The molecule has 0 aromatic heterocycles. The van der Waals surface area contributed by atoms with Gasteiger partial charge in [0.15, 0.2) is 0 Å². The summed E-state index contributed by atoms with van der Waals surface area (Å²) < 4.78 is 24.1. The van der Waals surface area contributed by atoms with Crippen molar-refractivity contribution in [1.29, 1.82) is 0 Å². The van der Waals surface area contributed by atoms with Crippen LogP contribution in [0.15, 0.2) is 4.99 Å². The zero-order chi connectivity index (χ0) is 13.4. The summed E-state index contributed by atoms with van der Waals surface area (Å²) in [6.07, 6.45) is 6.57. The Morgan fingerprint density at radius 2 is 2.06 bits per heavy atom. The van der Waals surface area contributed by atoms with E-state index in [1.807, 2.05) is 0 Å². The van der Waals surface area contributed by atoms with Crippen LogP contribution in [-0.4, -0.2) is 39.8 Å². The third-order valence-corrected chi connectivity index (χ3v) is 3.53. The van der Waals surface area contributed by atoms with Gasteiger partial charge >= 0.3 is 0 Å². The number of sulfonamides is 1. The lowest BCUT2D eigenvalue weighted by Gasteiger charge is -2.14. The van der Waals surface area contributed by atoms with Gasteiger partial charge in [0.25, 0.3) is 0 Å². The Morgan fingerprint density at radius 1 is 1.39 bits per heavy atom. The Hall–Kier alpha value is -0.860. The molecule has 0 radical (unpaired) electrons. The summed E-state index contributed by atoms with van der Waals surface area (Å²) in [5, 5.41) is 3.25. The third kappa shape index (κ3) is 6.77. The number of rotatable bonds is 6. The van der Waals surface area contributed by atoms with Crippen molar-refractivity contribution in [3.8, 4) is 0 Å². The Morgan fingerprint density at radius 3 is 2.61 bits per heavy atom. The summed E-state index contributed by atoms with van der Waals surface area (Å²) >= 11 is 0. The molecule has 1 rings (SSSR count).